The number of nitrogens with zero attached hydrogens (tertiary/aromatic N) is 2. The second-order valence-electron chi connectivity index (χ2n) is 7.33. The quantitative estimate of drug-likeness (QED) is 0.563. The summed E-state index contributed by atoms with van der Waals surface area (Å²) in [7, 11) is 1.31. The molecule has 2 aliphatic heterocycles. The fourth-order valence-electron chi connectivity index (χ4n) is 4.18. The lowest BCUT2D eigenvalue weighted by molar-refractivity contribution is -0.123. The third kappa shape index (κ3) is 3.09. The predicted octanol–water partition coefficient (Wildman–Crippen LogP) is 4.03. The molecular weight excluding hydrogens is 431 g/mol. The Morgan fingerprint density at radius 1 is 1.17 bits per heavy atom. The summed E-state index contributed by atoms with van der Waals surface area (Å²) in [5, 5.41) is 9.71. The molecule has 0 aliphatic carbocycles. The van der Waals surface area contributed by atoms with Crippen LogP contribution in [0.2, 0.25) is 10.0 Å². The van der Waals surface area contributed by atoms with E-state index in [1.165, 1.54) is 19.2 Å². The Kier molecular flexibility index (Phi) is 5.11. The van der Waals surface area contributed by atoms with E-state index in [0.29, 0.717) is 31.4 Å². The number of amides is 3. The first-order chi connectivity index (χ1) is 14.3. The van der Waals surface area contributed by atoms with Crippen LogP contribution in [0.3, 0.4) is 0 Å². The third-order valence-electron chi connectivity index (χ3n) is 5.64. The molecule has 0 aromatic heterocycles. The normalized spacial score (nSPS) is 20.6. The van der Waals surface area contributed by atoms with Crippen molar-refractivity contribution in [3.8, 4) is 5.75 Å². The van der Waals surface area contributed by atoms with Gasteiger partial charge in [-0.1, -0.05) is 35.3 Å². The van der Waals surface area contributed by atoms with Crippen molar-refractivity contribution in [2.24, 2.45) is 0 Å². The number of imide groups is 1. The first-order valence-corrected chi connectivity index (χ1v) is 10.1. The second kappa shape index (κ2) is 7.49. The Hall–Kier alpha value is -2.77. The number of urea groups is 1. The van der Waals surface area contributed by atoms with Crippen molar-refractivity contribution in [2.45, 2.75) is 24.8 Å². The third-order valence-corrected chi connectivity index (χ3v) is 6.22. The Balaban J connectivity index is 1.68. The lowest BCUT2D eigenvalue weighted by Gasteiger charge is -2.28. The summed E-state index contributed by atoms with van der Waals surface area (Å²) in [5.41, 5.74) is 0.429. The molecule has 156 valence electrons. The first-order valence-electron chi connectivity index (χ1n) is 9.30. The number of carbonyl (C=O) groups is 3. The maximum atomic E-state index is 13.5. The van der Waals surface area contributed by atoms with E-state index in [2.05, 4.69) is 0 Å². The number of fused-ring (bicyclic) bond motifs is 1. The van der Waals surface area contributed by atoms with Gasteiger partial charge in [0, 0.05) is 13.0 Å². The molecule has 0 saturated carbocycles. The summed E-state index contributed by atoms with van der Waals surface area (Å²) in [6.07, 6.45) is 1.55. The van der Waals surface area contributed by atoms with Crippen molar-refractivity contribution >= 4 is 46.8 Å². The molecule has 2 saturated heterocycles. The van der Waals surface area contributed by atoms with E-state index in [0.717, 1.165) is 10.5 Å². The highest BCUT2D eigenvalue weighted by molar-refractivity contribution is 6.38. The molecule has 9 heteroatoms. The molecule has 1 unspecified atom stereocenters. The molecule has 2 heterocycles. The summed E-state index contributed by atoms with van der Waals surface area (Å²) in [6.45, 7) is 0.459. The predicted molar refractivity (Wildman–Crippen MR) is 111 cm³/mol. The SMILES string of the molecule is COC(=O)c1ccc(CC23CCCN2C(=O)N(c2cc(Cl)c(O)c(Cl)c2)C3=O)cc1. The average molecular weight is 449 g/mol. The van der Waals surface area contributed by atoms with Gasteiger partial charge < -0.3 is 14.7 Å². The number of aromatic hydroxyl groups is 1. The number of phenolic OH excluding ortho intramolecular Hbond substituents is 1. The van der Waals surface area contributed by atoms with E-state index in [-0.39, 0.29) is 27.4 Å². The van der Waals surface area contributed by atoms with Gasteiger partial charge in [-0.25, -0.2) is 14.5 Å². The van der Waals surface area contributed by atoms with Crippen LogP contribution in [0.25, 0.3) is 0 Å². The number of anilines is 1. The number of rotatable bonds is 4. The molecule has 3 amide bonds. The number of hydrogen-bond acceptors (Lipinski definition) is 5. The monoisotopic (exact) mass is 448 g/mol. The van der Waals surface area contributed by atoms with Gasteiger partial charge in [0.05, 0.1) is 28.4 Å². The second-order valence-corrected chi connectivity index (χ2v) is 8.15. The molecule has 0 radical (unpaired) electrons. The summed E-state index contributed by atoms with van der Waals surface area (Å²) in [6, 6.07) is 9.03. The zero-order valence-corrected chi connectivity index (χ0v) is 17.5. The first kappa shape index (κ1) is 20.5. The molecule has 1 atom stereocenters. The minimum absolute atomic E-state index is 0.0439. The van der Waals surface area contributed by atoms with Crippen LogP contribution < -0.4 is 4.90 Å². The molecule has 2 aromatic carbocycles. The highest BCUT2D eigenvalue weighted by atomic mass is 35.5. The number of methoxy groups -OCH3 is 1. The molecule has 7 nitrogen and oxygen atoms in total. The van der Waals surface area contributed by atoms with Gasteiger partial charge in [-0.2, -0.15) is 0 Å². The Bertz CT molecular complexity index is 1030. The minimum Gasteiger partial charge on any atom is -0.505 e. The highest BCUT2D eigenvalue weighted by Gasteiger charge is 2.59. The number of benzene rings is 2. The zero-order chi connectivity index (χ0) is 21.6. The minimum atomic E-state index is -1.01. The van der Waals surface area contributed by atoms with Crippen LogP contribution in [0.15, 0.2) is 36.4 Å². The topological polar surface area (TPSA) is 87.2 Å². The van der Waals surface area contributed by atoms with E-state index in [4.69, 9.17) is 27.9 Å². The van der Waals surface area contributed by atoms with Crippen LogP contribution in [0.4, 0.5) is 10.5 Å². The van der Waals surface area contributed by atoms with E-state index in [1.54, 1.807) is 29.2 Å². The van der Waals surface area contributed by atoms with E-state index in [9.17, 15) is 19.5 Å². The van der Waals surface area contributed by atoms with Gasteiger partial charge in [0.15, 0.2) is 5.75 Å². The molecule has 2 aromatic rings. The number of hydrogen-bond donors (Lipinski definition) is 1. The van der Waals surface area contributed by atoms with Gasteiger partial charge in [-0.05, 0) is 42.7 Å². The summed E-state index contributed by atoms with van der Waals surface area (Å²) >= 11 is 12.0. The maximum Gasteiger partial charge on any atom is 0.337 e. The van der Waals surface area contributed by atoms with E-state index in [1.807, 2.05) is 0 Å². The summed E-state index contributed by atoms with van der Waals surface area (Å²) < 4.78 is 4.71. The lowest BCUT2D eigenvalue weighted by atomic mass is 9.87. The summed E-state index contributed by atoms with van der Waals surface area (Å²) in [5.74, 6) is -1.11. The number of ether oxygens (including phenoxy) is 1. The highest BCUT2D eigenvalue weighted by Crippen LogP contribution is 2.44. The number of carbonyl (C=O) groups excluding carboxylic acids is 3. The van der Waals surface area contributed by atoms with Crippen molar-refractivity contribution in [1.29, 1.82) is 0 Å². The summed E-state index contributed by atoms with van der Waals surface area (Å²) in [4.78, 5) is 40.9. The molecular formula is C21H18Cl2N2O5. The number of phenols is 1. The standard InChI is InChI=1S/C21H18Cl2N2O5/c1-30-18(27)13-5-3-12(4-6-13)11-21-7-2-8-24(21)20(29)25(19(21)28)14-9-15(22)17(26)16(23)10-14/h3-6,9-10,26H,2,7-8,11H2,1H3. The Morgan fingerprint density at radius 3 is 2.40 bits per heavy atom. The average Bonchev–Trinajstić information content (AvgIpc) is 3.23. The van der Waals surface area contributed by atoms with Crippen LogP contribution in [0.1, 0.15) is 28.8 Å². The molecule has 4 rings (SSSR count). The van der Waals surface area contributed by atoms with Crippen LogP contribution in [0.5, 0.6) is 5.75 Å². The van der Waals surface area contributed by atoms with Crippen molar-refractivity contribution in [2.75, 3.05) is 18.6 Å². The lowest BCUT2D eigenvalue weighted by Crippen LogP contribution is -2.47. The van der Waals surface area contributed by atoms with Crippen molar-refractivity contribution in [1.82, 2.24) is 4.90 Å². The molecule has 2 fully saturated rings. The Labute approximate surface area is 182 Å². The van der Waals surface area contributed by atoms with Gasteiger partial charge >= 0.3 is 12.0 Å². The molecule has 1 N–H and O–H groups in total. The van der Waals surface area contributed by atoms with Gasteiger partial charge in [0.25, 0.3) is 5.91 Å². The number of halogens is 2. The smallest absolute Gasteiger partial charge is 0.337 e. The number of esters is 1. The van der Waals surface area contributed by atoms with Gasteiger partial charge in [0.1, 0.15) is 5.54 Å². The molecule has 2 aliphatic rings. The van der Waals surface area contributed by atoms with Gasteiger partial charge in [0.2, 0.25) is 0 Å². The Morgan fingerprint density at radius 2 is 1.80 bits per heavy atom. The van der Waals surface area contributed by atoms with Crippen LogP contribution >= 0.6 is 23.2 Å². The van der Waals surface area contributed by atoms with E-state index < -0.39 is 17.5 Å². The van der Waals surface area contributed by atoms with Crippen molar-refractivity contribution in [3.63, 3.8) is 0 Å². The fraction of sp³-hybridized carbons (Fsp3) is 0.286. The van der Waals surface area contributed by atoms with Gasteiger partial charge in [-0.15, -0.1) is 0 Å². The molecule has 30 heavy (non-hydrogen) atoms. The van der Waals surface area contributed by atoms with Crippen LogP contribution in [-0.2, 0) is 16.0 Å². The van der Waals surface area contributed by atoms with Crippen LogP contribution in [-0.4, -0.2) is 47.1 Å². The van der Waals surface area contributed by atoms with Crippen molar-refractivity contribution in [3.05, 3.63) is 57.6 Å². The van der Waals surface area contributed by atoms with Crippen LogP contribution in [0, 0.1) is 0 Å². The van der Waals surface area contributed by atoms with Gasteiger partial charge in [-0.3, -0.25) is 4.79 Å². The maximum absolute atomic E-state index is 13.5. The largest absolute Gasteiger partial charge is 0.505 e. The molecule has 0 spiro atoms. The zero-order valence-electron chi connectivity index (χ0n) is 16.0. The van der Waals surface area contributed by atoms with E-state index >= 15 is 0 Å². The molecule has 0 bridgehead atoms. The van der Waals surface area contributed by atoms with Crippen molar-refractivity contribution < 1.29 is 24.2 Å². The fourth-order valence-corrected chi connectivity index (χ4v) is 4.65.